The van der Waals surface area contributed by atoms with Gasteiger partial charge in [-0.25, -0.2) is 4.98 Å². The number of nitrogens with two attached hydrogens (primary N) is 1. The van der Waals surface area contributed by atoms with Gasteiger partial charge in [-0.05, 0) is 6.42 Å². The number of nitrogens with zero attached hydrogens (tertiary/aromatic N) is 2. The van der Waals surface area contributed by atoms with Gasteiger partial charge in [-0.1, -0.05) is 19.8 Å². The number of fused-ring (bicyclic) bond motifs is 1. The van der Waals surface area contributed by atoms with Crippen LogP contribution in [0, 0.1) is 0 Å². The lowest BCUT2D eigenvalue weighted by molar-refractivity contribution is 0.700. The second-order valence-corrected chi connectivity index (χ2v) is 3.79. The molecule has 2 rings (SSSR count). The third kappa shape index (κ3) is 2.05. The van der Waals surface area contributed by atoms with Crippen molar-refractivity contribution in [3.63, 3.8) is 0 Å². The molecule has 4 N–H and O–H groups in total. The molecule has 16 heavy (non-hydrogen) atoms. The molecule has 0 amide bonds. The van der Waals surface area contributed by atoms with E-state index in [2.05, 4.69) is 26.9 Å². The maximum absolute atomic E-state index is 11.5. The van der Waals surface area contributed by atoms with Crippen LogP contribution in [0.2, 0.25) is 0 Å². The monoisotopic (exact) mass is 221 g/mol. The van der Waals surface area contributed by atoms with E-state index in [0.29, 0.717) is 11.2 Å². The number of aryl methyl sites for hydroxylation is 1. The van der Waals surface area contributed by atoms with Gasteiger partial charge in [0, 0.05) is 6.42 Å². The Bertz CT molecular complexity index is 542. The Morgan fingerprint density at radius 2 is 2.06 bits per heavy atom. The predicted molar refractivity (Wildman–Crippen MR) is 62.2 cm³/mol. The highest BCUT2D eigenvalue weighted by atomic mass is 16.1. The van der Waals surface area contributed by atoms with Crippen molar-refractivity contribution in [2.24, 2.45) is 0 Å². The standard InChI is InChI=1S/C10H15N5O/c1-2-3-4-5-6-12-7-8(13-6)14-10(11)15-9(7)16/h2-5H2,1H3,(H4,11,12,13,14,15,16). The number of nitrogen functional groups attached to an aromatic ring is 1. The fraction of sp³-hybridized carbons (Fsp3) is 0.500. The van der Waals surface area contributed by atoms with Crippen molar-refractivity contribution in [1.82, 2.24) is 19.9 Å². The summed E-state index contributed by atoms with van der Waals surface area (Å²) >= 11 is 0. The summed E-state index contributed by atoms with van der Waals surface area (Å²) in [5, 5.41) is 0. The summed E-state index contributed by atoms with van der Waals surface area (Å²) in [4.78, 5) is 25.1. The second kappa shape index (κ2) is 4.34. The summed E-state index contributed by atoms with van der Waals surface area (Å²) in [6, 6.07) is 0. The minimum Gasteiger partial charge on any atom is -0.369 e. The second-order valence-electron chi connectivity index (χ2n) is 3.79. The molecule has 0 aromatic carbocycles. The Morgan fingerprint density at radius 3 is 2.81 bits per heavy atom. The molecule has 0 radical (unpaired) electrons. The summed E-state index contributed by atoms with van der Waals surface area (Å²) in [7, 11) is 0. The molecular weight excluding hydrogens is 206 g/mol. The number of rotatable bonds is 4. The molecule has 2 heterocycles. The van der Waals surface area contributed by atoms with Gasteiger partial charge in [-0.15, -0.1) is 0 Å². The first-order valence-corrected chi connectivity index (χ1v) is 5.45. The van der Waals surface area contributed by atoms with Gasteiger partial charge in [0.15, 0.2) is 11.2 Å². The highest BCUT2D eigenvalue weighted by Gasteiger charge is 2.08. The van der Waals surface area contributed by atoms with Crippen LogP contribution in [-0.4, -0.2) is 19.9 Å². The molecule has 0 spiro atoms. The van der Waals surface area contributed by atoms with Crippen LogP contribution in [0.4, 0.5) is 5.95 Å². The smallest absolute Gasteiger partial charge is 0.280 e. The largest absolute Gasteiger partial charge is 0.369 e. The molecule has 0 unspecified atom stereocenters. The molecular formula is C10H15N5O. The van der Waals surface area contributed by atoms with Crippen LogP contribution in [0.1, 0.15) is 32.0 Å². The summed E-state index contributed by atoms with van der Waals surface area (Å²) < 4.78 is 0. The van der Waals surface area contributed by atoms with E-state index in [4.69, 9.17) is 5.73 Å². The van der Waals surface area contributed by atoms with E-state index >= 15 is 0 Å². The average Bonchev–Trinajstić information content (AvgIpc) is 2.61. The van der Waals surface area contributed by atoms with Crippen LogP contribution in [0.5, 0.6) is 0 Å². The number of hydrogen-bond acceptors (Lipinski definition) is 4. The lowest BCUT2D eigenvalue weighted by Crippen LogP contribution is -2.10. The van der Waals surface area contributed by atoms with Crippen molar-refractivity contribution in [3.05, 3.63) is 16.2 Å². The lowest BCUT2D eigenvalue weighted by Gasteiger charge is -1.93. The SMILES string of the molecule is CCCCCc1nc2c(=O)[nH]c(N)nc2[nH]1. The van der Waals surface area contributed by atoms with Crippen molar-refractivity contribution in [2.75, 3.05) is 5.73 Å². The van der Waals surface area contributed by atoms with E-state index in [1.807, 2.05) is 0 Å². The zero-order chi connectivity index (χ0) is 11.5. The van der Waals surface area contributed by atoms with Crippen molar-refractivity contribution in [1.29, 1.82) is 0 Å². The summed E-state index contributed by atoms with van der Waals surface area (Å²) in [5.74, 6) is 0.910. The number of nitrogens with one attached hydrogen (secondary N) is 2. The summed E-state index contributed by atoms with van der Waals surface area (Å²) in [5.41, 5.74) is 5.95. The molecule has 0 aliphatic rings. The van der Waals surface area contributed by atoms with Crippen LogP contribution in [0.25, 0.3) is 11.2 Å². The van der Waals surface area contributed by atoms with Gasteiger partial charge in [-0.2, -0.15) is 4.98 Å². The van der Waals surface area contributed by atoms with E-state index < -0.39 is 0 Å². The Balaban J connectivity index is 2.29. The van der Waals surface area contributed by atoms with Crippen LogP contribution >= 0.6 is 0 Å². The molecule has 0 saturated carbocycles. The topological polar surface area (TPSA) is 100 Å². The zero-order valence-electron chi connectivity index (χ0n) is 9.21. The Kier molecular flexibility index (Phi) is 2.89. The molecule has 0 aliphatic heterocycles. The number of aromatic nitrogens is 4. The molecule has 0 saturated heterocycles. The fourth-order valence-electron chi connectivity index (χ4n) is 1.64. The van der Waals surface area contributed by atoms with Crippen LogP contribution in [0.15, 0.2) is 4.79 Å². The van der Waals surface area contributed by atoms with Gasteiger partial charge in [0.1, 0.15) is 5.82 Å². The number of anilines is 1. The molecule has 2 aromatic heterocycles. The first-order chi connectivity index (χ1) is 7.70. The van der Waals surface area contributed by atoms with Gasteiger partial charge in [-0.3, -0.25) is 9.78 Å². The molecule has 0 fully saturated rings. The minimum atomic E-state index is -0.291. The number of unbranched alkanes of at least 4 members (excludes halogenated alkanes) is 2. The third-order valence-electron chi connectivity index (χ3n) is 2.44. The van der Waals surface area contributed by atoms with Crippen molar-refractivity contribution >= 4 is 17.1 Å². The summed E-state index contributed by atoms with van der Waals surface area (Å²) in [6.45, 7) is 2.14. The van der Waals surface area contributed by atoms with Gasteiger partial charge in [0.05, 0.1) is 0 Å². The van der Waals surface area contributed by atoms with E-state index in [1.54, 1.807) is 0 Å². The van der Waals surface area contributed by atoms with E-state index in [0.717, 1.165) is 31.5 Å². The van der Waals surface area contributed by atoms with Crippen molar-refractivity contribution in [3.8, 4) is 0 Å². The molecule has 6 heteroatoms. The van der Waals surface area contributed by atoms with Gasteiger partial charge >= 0.3 is 0 Å². The van der Waals surface area contributed by atoms with Gasteiger partial charge < -0.3 is 10.7 Å². The number of imidazole rings is 1. The summed E-state index contributed by atoms with van der Waals surface area (Å²) in [6.07, 6.45) is 4.21. The quantitative estimate of drug-likeness (QED) is 0.669. The van der Waals surface area contributed by atoms with E-state index in [-0.39, 0.29) is 11.5 Å². The van der Waals surface area contributed by atoms with E-state index in [1.165, 1.54) is 0 Å². The van der Waals surface area contributed by atoms with Gasteiger partial charge in [0.25, 0.3) is 5.56 Å². The highest BCUT2D eigenvalue weighted by Crippen LogP contribution is 2.08. The molecule has 6 nitrogen and oxygen atoms in total. The number of aromatic amines is 2. The molecule has 0 aliphatic carbocycles. The Labute approximate surface area is 92.3 Å². The van der Waals surface area contributed by atoms with Gasteiger partial charge in [0.2, 0.25) is 5.95 Å². The zero-order valence-corrected chi connectivity index (χ0v) is 9.21. The molecule has 0 atom stereocenters. The lowest BCUT2D eigenvalue weighted by atomic mass is 10.2. The first-order valence-electron chi connectivity index (χ1n) is 5.45. The first kappa shape index (κ1) is 10.7. The Morgan fingerprint density at radius 1 is 1.25 bits per heavy atom. The van der Waals surface area contributed by atoms with E-state index in [9.17, 15) is 4.79 Å². The third-order valence-corrected chi connectivity index (χ3v) is 2.44. The number of hydrogen-bond donors (Lipinski definition) is 3. The molecule has 2 aromatic rings. The van der Waals surface area contributed by atoms with Crippen LogP contribution < -0.4 is 11.3 Å². The minimum absolute atomic E-state index is 0.112. The predicted octanol–water partition coefficient (Wildman–Crippen LogP) is 0.961. The molecule has 0 bridgehead atoms. The van der Waals surface area contributed by atoms with Crippen LogP contribution in [-0.2, 0) is 6.42 Å². The highest BCUT2D eigenvalue weighted by molar-refractivity contribution is 5.70. The maximum Gasteiger partial charge on any atom is 0.280 e. The maximum atomic E-state index is 11.5. The fourth-order valence-corrected chi connectivity index (χ4v) is 1.64. The van der Waals surface area contributed by atoms with Crippen molar-refractivity contribution in [2.45, 2.75) is 32.6 Å². The van der Waals surface area contributed by atoms with Crippen LogP contribution in [0.3, 0.4) is 0 Å². The normalized spacial score (nSPS) is 11.1. The molecule has 86 valence electrons. The average molecular weight is 221 g/mol. The number of H-pyrrole nitrogens is 2. The van der Waals surface area contributed by atoms with Crippen molar-refractivity contribution < 1.29 is 0 Å². The Hall–Kier alpha value is -1.85.